The van der Waals surface area contributed by atoms with Gasteiger partial charge in [-0.1, -0.05) is 30.7 Å². The van der Waals surface area contributed by atoms with E-state index in [-0.39, 0.29) is 24.3 Å². The van der Waals surface area contributed by atoms with Gasteiger partial charge in [0.1, 0.15) is 12.4 Å². The van der Waals surface area contributed by atoms with E-state index in [0.29, 0.717) is 22.5 Å². The van der Waals surface area contributed by atoms with Crippen molar-refractivity contribution in [2.75, 3.05) is 0 Å². The number of carbonyl (C=O) groups excluding carboxylic acids is 1. The fraction of sp³-hybridized carbons (Fsp3) is 0.222. The number of rotatable bonds is 5. The van der Waals surface area contributed by atoms with E-state index in [2.05, 4.69) is 5.32 Å². The monoisotopic (exact) mass is 362 g/mol. The van der Waals surface area contributed by atoms with E-state index in [4.69, 9.17) is 16.0 Å². The number of benzene rings is 2. The van der Waals surface area contributed by atoms with Crippen molar-refractivity contribution in [2.24, 2.45) is 0 Å². The van der Waals surface area contributed by atoms with Crippen LogP contribution in [-0.2, 0) is 11.3 Å². The van der Waals surface area contributed by atoms with Crippen LogP contribution in [0.4, 0.5) is 4.39 Å². The number of hydrogen-bond acceptors (Lipinski definition) is 3. The SMILES string of the molecule is CCC(NC(=O)Cn1c(=O)oc2cc(Cl)ccc21)c1ccc(F)cc1. The van der Waals surface area contributed by atoms with Gasteiger partial charge in [0.15, 0.2) is 5.58 Å². The second-order valence-electron chi connectivity index (χ2n) is 5.65. The smallest absolute Gasteiger partial charge is 0.408 e. The Hall–Kier alpha value is -2.60. The van der Waals surface area contributed by atoms with Gasteiger partial charge in [-0.05, 0) is 36.2 Å². The Kier molecular flexibility index (Phi) is 4.90. The van der Waals surface area contributed by atoms with Crippen molar-refractivity contribution < 1.29 is 13.6 Å². The minimum absolute atomic E-state index is 0.175. The van der Waals surface area contributed by atoms with Crippen molar-refractivity contribution in [1.29, 1.82) is 0 Å². The summed E-state index contributed by atoms with van der Waals surface area (Å²) in [4.78, 5) is 24.3. The maximum atomic E-state index is 13.0. The number of hydrogen-bond donors (Lipinski definition) is 1. The predicted molar refractivity (Wildman–Crippen MR) is 93.1 cm³/mol. The molecule has 1 heterocycles. The minimum Gasteiger partial charge on any atom is -0.408 e. The molecule has 1 aromatic heterocycles. The van der Waals surface area contributed by atoms with E-state index in [1.54, 1.807) is 24.3 Å². The molecule has 7 heteroatoms. The third-order valence-electron chi connectivity index (χ3n) is 3.95. The maximum Gasteiger partial charge on any atom is 0.420 e. The standard InChI is InChI=1S/C18H16ClFN2O3/c1-2-14(11-3-6-13(20)7-4-11)21-17(23)10-22-15-8-5-12(19)9-16(15)25-18(22)24/h3-9,14H,2,10H2,1H3,(H,21,23). The molecule has 1 atom stereocenters. The third-order valence-corrected chi connectivity index (χ3v) is 4.18. The predicted octanol–water partition coefficient (Wildman–Crippen LogP) is 3.65. The first kappa shape index (κ1) is 17.2. The highest BCUT2D eigenvalue weighted by Crippen LogP contribution is 2.19. The molecular weight excluding hydrogens is 347 g/mol. The molecule has 0 spiro atoms. The van der Waals surface area contributed by atoms with Crippen molar-refractivity contribution in [3.8, 4) is 0 Å². The first-order valence-corrected chi connectivity index (χ1v) is 8.19. The van der Waals surface area contributed by atoms with Gasteiger partial charge in [-0.15, -0.1) is 0 Å². The molecule has 25 heavy (non-hydrogen) atoms. The van der Waals surface area contributed by atoms with Crippen molar-refractivity contribution in [3.63, 3.8) is 0 Å². The van der Waals surface area contributed by atoms with E-state index in [1.807, 2.05) is 6.92 Å². The van der Waals surface area contributed by atoms with Gasteiger partial charge in [-0.2, -0.15) is 0 Å². The minimum atomic E-state index is -0.623. The van der Waals surface area contributed by atoms with Crippen LogP contribution < -0.4 is 11.1 Å². The fourth-order valence-corrected chi connectivity index (χ4v) is 2.85. The Bertz CT molecular complexity index is 963. The molecule has 1 amide bonds. The maximum absolute atomic E-state index is 13.0. The van der Waals surface area contributed by atoms with Crippen LogP contribution in [0.3, 0.4) is 0 Å². The summed E-state index contributed by atoms with van der Waals surface area (Å²) in [5.74, 6) is -1.29. The Morgan fingerprint density at radius 1 is 1.28 bits per heavy atom. The highest BCUT2D eigenvalue weighted by atomic mass is 35.5. The Balaban J connectivity index is 1.79. The molecule has 3 rings (SSSR count). The summed E-state index contributed by atoms with van der Waals surface area (Å²) >= 11 is 5.88. The zero-order valence-corrected chi connectivity index (χ0v) is 14.2. The Morgan fingerprint density at radius 2 is 2.00 bits per heavy atom. The average Bonchev–Trinajstić information content (AvgIpc) is 2.88. The van der Waals surface area contributed by atoms with Gasteiger partial charge in [0.25, 0.3) is 0 Å². The van der Waals surface area contributed by atoms with Crippen LogP contribution in [-0.4, -0.2) is 10.5 Å². The lowest BCUT2D eigenvalue weighted by Gasteiger charge is -2.17. The molecule has 0 aliphatic heterocycles. The number of fused-ring (bicyclic) bond motifs is 1. The first-order chi connectivity index (χ1) is 12.0. The molecule has 3 aromatic rings. The molecular formula is C18H16ClFN2O3. The van der Waals surface area contributed by atoms with Crippen molar-refractivity contribution >= 4 is 28.6 Å². The van der Waals surface area contributed by atoms with E-state index in [0.717, 1.165) is 5.56 Å². The summed E-state index contributed by atoms with van der Waals surface area (Å²) in [5.41, 5.74) is 1.63. The van der Waals surface area contributed by atoms with Crippen LogP contribution in [0.25, 0.3) is 11.1 Å². The van der Waals surface area contributed by atoms with Crippen molar-refractivity contribution in [3.05, 3.63) is 69.4 Å². The van der Waals surface area contributed by atoms with Crippen molar-refractivity contribution in [2.45, 2.75) is 25.9 Å². The lowest BCUT2D eigenvalue weighted by molar-refractivity contribution is -0.122. The number of nitrogens with zero attached hydrogens (tertiary/aromatic N) is 1. The van der Waals surface area contributed by atoms with Gasteiger partial charge in [0, 0.05) is 11.1 Å². The third kappa shape index (κ3) is 3.74. The zero-order valence-electron chi connectivity index (χ0n) is 13.5. The van der Waals surface area contributed by atoms with E-state index in [9.17, 15) is 14.0 Å². The molecule has 0 fully saturated rings. The molecule has 1 unspecified atom stereocenters. The van der Waals surface area contributed by atoms with Gasteiger partial charge in [-0.3, -0.25) is 9.36 Å². The number of oxazole rings is 1. The molecule has 1 N–H and O–H groups in total. The zero-order chi connectivity index (χ0) is 18.0. The van der Waals surface area contributed by atoms with E-state index in [1.165, 1.54) is 22.8 Å². The summed E-state index contributed by atoms with van der Waals surface area (Å²) in [6, 6.07) is 10.5. The number of amides is 1. The number of aromatic nitrogens is 1. The van der Waals surface area contributed by atoms with Crippen LogP contribution in [0.5, 0.6) is 0 Å². The summed E-state index contributed by atoms with van der Waals surface area (Å²) in [7, 11) is 0. The molecule has 0 bridgehead atoms. The van der Waals surface area contributed by atoms with Crippen molar-refractivity contribution in [1.82, 2.24) is 9.88 Å². The summed E-state index contributed by atoms with van der Waals surface area (Å²) in [6.07, 6.45) is 0.633. The Morgan fingerprint density at radius 3 is 2.68 bits per heavy atom. The second kappa shape index (κ2) is 7.11. The highest BCUT2D eigenvalue weighted by Gasteiger charge is 2.16. The molecule has 0 saturated heterocycles. The number of carbonyl (C=O) groups is 1. The van der Waals surface area contributed by atoms with Crippen LogP contribution >= 0.6 is 11.6 Å². The molecule has 0 radical (unpaired) electrons. The van der Waals surface area contributed by atoms with Gasteiger partial charge in [-0.25, -0.2) is 9.18 Å². The number of halogens is 2. The van der Waals surface area contributed by atoms with Gasteiger partial charge < -0.3 is 9.73 Å². The molecule has 0 saturated carbocycles. The first-order valence-electron chi connectivity index (χ1n) is 7.81. The number of nitrogens with one attached hydrogen (secondary N) is 1. The Labute approximate surface area is 148 Å². The largest absolute Gasteiger partial charge is 0.420 e. The van der Waals surface area contributed by atoms with E-state index < -0.39 is 5.76 Å². The molecule has 5 nitrogen and oxygen atoms in total. The fourth-order valence-electron chi connectivity index (χ4n) is 2.69. The van der Waals surface area contributed by atoms with Crippen LogP contribution in [0.15, 0.2) is 51.7 Å². The van der Waals surface area contributed by atoms with Crippen LogP contribution in [0.2, 0.25) is 5.02 Å². The second-order valence-corrected chi connectivity index (χ2v) is 6.08. The normalized spacial score (nSPS) is 12.3. The summed E-state index contributed by atoms with van der Waals surface area (Å²) in [6.45, 7) is 1.74. The topological polar surface area (TPSA) is 64.2 Å². The summed E-state index contributed by atoms with van der Waals surface area (Å²) < 4.78 is 19.4. The lowest BCUT2D eigenvalue weighted by Crippen LogP contribution is -2.33. The average molecular weight is 363 g/mol. The van der Waals surface area contributed by atoms with Crippen LogP contribution in [0, 0.1) is 5.82 Å². The van der Waals surface area contributed by atoms with Gasteiger partial charge in [0.05, 0.1) is 11.6 Å². The molecule has 2 aromatic carbocycles. The highest BCUT2D eigenvalue weighted by molar-refractivity contribution is 6.31. The quantitative estimate of drug-likeness (QED) is 0.753. The van der Waals surface area contributed by atoms with Gasteiger partial charge in [0.2, 0.25) is 5.91 Å². The molecule has 0 aliphatic rings. The lowest BCUT2D eigenvalue weighted by atomic mass is 10.0. The van der Waals surface area contributed by atoms with Crippen LogP contribution in [0.1, 0.15) is 24.9 Å². The van der Waals surface area contributed by atoms with Gasteiger partial charge >= 0.3 is 5.76 Å². The van der Waals surface area contributed by atoms with E-state index >= 15 is 0 Å². The molecule has 130 valence electrons. The molecule has 0 aliphatic carbocycles. The summed E-state index contributed by atoms with van der Waals surface area (Å²) in [5, 5.41) is 3.30.